The van der Waals surface area contributed by atoms with Gasteiger partial charge in [0.25, 0.3) is 0 Å². The molecule has 1 unspecified atom stereocenters. The molecule has 3 nitrogen and oxygen atoms in total. The van der Waals surface area contributed by atoms with Crippen molar-refractivity contribution < 1.29 is 5.11 Å². The fraction of sp³-hybridized carbons (Fsp3) is 1.00. The monoisotopic (exact) mass is 260 g/mol. The zero-order chi connectivity index (χ0) is 12.9. The predicted octanol–water partition coefficient (Wildman–Crippen LogP) is 1.56. The van der Waals surface area contributed by atoms with Gasteiger partial charge in [-0.1, -0.05) is 0 Å². The van der Waals surface area contributed by atoms with Crippen LogP contribution in [0.5, 0.6) is 0 Å². The number of rotatable bonds is 6. The number of aliphatic hydroxyl groups is 1. The number of hydrogen-bond acceptors (Lipinski definition) is 4. The maximum absolute atomic E-state index is 10.1. The fourth-order valence-corrected chi connectivity index (χ4v) is 3.07. The van der Waals surface area contributed by atoms with E-state index < -0.39 is 5.60 Å². The third kappa shape index (κ3) is 5.60. The summed E-state index contributed by atoms with van der Waals surface area (Å²) in [6.07, 6.45) is 4.44. The molecule has 0 radical (unpaired) electrons. The minimum atomic E-state index is -0.575. The summed E-state index contributed by atoms with van der Waals surface area (Å²) >= 11 is 1.70. The zero-order valence-electron chi connectivity index (χ0n) is 11.7. The Hall–Kier alpha value is 0.230. The Bertz CT molecular complexity index is 213. The average molecular weight is 260 g/mol. The van der Waals surface area contributed by atoms with Crippen molar-refractivity contribution in [3.05, 3.63) is 0 Å². The van der Waals surface area contributed by atoms with E-state index in [9.17, 15) is 5.11 Å². The highest BCUT2D eigenvalue weighted by Crippen LogP contribution is 2.15. The summed E-state index contributed by atoms with van der Waals surface area (Å²) in [5.74, 6) is 0.796. The molecule has 1 aliphatic heterocycles. The Labute approximate surface area is 110 Å². The molecule has 0 bridgehead atoms. The highest BCUT2D eigenvalue weighted by Gasteiger charge is 2.24. The van der Waals surface area contributed by atoms with E-state index >= 15 is 0 Å². The molecule has 0 aromatic rings. The van der Waals surface area contributed by atoms with Gasteiger partial charge in [-0.3, -0.25) is 0 Å². The molecule has 1 heterocycles. The number of likely N-dealkylation sites (tertiary alicyclic amines) is 1. The highest BCUT2D eigenvalue weighted by atomic mass is 32.2. The van der Waals surface area contributed by atoms with E-state index in [1.54, 1.807) is 11.8 Å². The van der Waals surface area contributed by atoms with Crippen molar-refractivity contribution in [1.29, 1.82) is 0 Å². The lowest BCUT2D eigenvalue weighted by Crippen LogP contribution is -2.49. The normalized spacial score (nSPS) is 22.9. The molecule has 1 atom stereocenters. The lowest BCUT2D eigenvalue weighted by atomic mass is 10.0. The topological polar surface area (TPSA) is 35.5 Å². The van der Waals surface area contributed by atoms with Crippen LogP contribution >= 0.6 is 11.8 Å². The molecule has 0 saturated carbocycles. The summed E-state index contributed by atoms with van der Waals surface area (Å²) in [6.45, 7) is 9.51. The van der Waals surface area contributed by atoms with Gasteiger partial charge in [0.05, 0.1) is 5.60 Å². The van der Waals surface area contributed by atoms with Crippen molar-refractivity contribution in [2.45, 2.75) is 51.3 Å². The second kappa shape index (κ2) is 6.98. The van der Waals surface area contributed by atoms with Gasteiger partial charge in [-0.2, -0.15) is 11.8 Å². The Morgan fingerprint density at radius 1 is 1.41 bits per heavy atom. The number of hydrogen-bond donors (Lipinski definition) is 2. The summed E-state index contributed by atoms with van der Waals surface area (Å²) in [6, 6.07) is 1.24. The summed E-state index contributed by atoms with van der Waals surface area (Å²) in [7, 11) is 0. The van der Waals surface area contributed by atoms with Crippen molar-refractivity contribution in [3.8, 4) is 0 Å². The zero-order valence-corrected chi connectivity index (χ0v) is 12.5. The van der Waals surface area contributed by atoms with Crippen LogP contribution in [0.3, 0.4) is 0 Å². The molecule has 0 aromatic heterocycles. The first-order valence-corrected chi connectivity index (χ1v) is 8.03. The number of nitrogens with one attached hydrogen (secondary N) is 1. The smallest absolute Gasteiger partial charge is 0.0833 e. The van der Waals surface area contributed by atoms with Crippen LogP contribution < -0.4 is 5.32 Å². The Morgan fingerprint density at radius 2 is 2.00 bits per heavy atom. The van der Waals surface area contributed by atoms with Gasteiger partial charge in [-0.15, -0.1) is 0 Å². The van der Waals surface area contributed by atoms with E-state index in [1.165, 1.54) is 25.9 Å². The molecule has 1 rings (SSSR count). The molecule has 0 amide bonds. The van der Waals surface area contributed by atoms with Crippen LogP contribution in [0, 0.1) is 0 Å². The van der Waals surface area contributed by atoms with Crippen molar-refractivity contribution in [2.24, 2.45) is 0 Å². The van der Waals surface area contributed by atoms with Gasteiger partial charge >= 0.3 is 0 Å². The second-order valence-corrected chi connectivity index (χ2v) is 6.58. The first-order valence-electron chi connectivity index (χ1n) is 6.63. The highest BCUT2D eigenvalue weighted by molar-refractivity contribution is 7.98. The Kier molecular flexibility index (Phi) is 6.27. The van der Waals surface area contributed by atoms with Gasteiger partial charge in [-0.25, -0.2) is 0 Å². The molecular weight excluding hydrogens is 232 g/mol. The van der Waals surface area contributed by atoms with Crippen LogP contribution in [0.15, 0.2) is 0 Å². The van der Waals surface area contributed by atoms with Crippen LogP contribution in [-0.4, -0.2) is 59.3 Å². The molecular formula is C13H28N2OS. The molecule has 2 N–H and O–H groups in total. The van der Waals surface area contributed by atoms with Gasteiger partial charge in [0.2, 0.25) is 0 Å². The van der Waals surface area contributed by atoms with Crippen molar-refractivity contribution >= 4 is 11.8 Å². The standard InChI is InChI=1S/C13H28N2OS/c1-11(2)15-7-5-12(6-8-15)14-9-13(3,16)10-17-4/h11-12,14,16H,5-10H2,1-4H3. The largest absolute Gasteiger partial charge is 0.388 e. The molecule has 0 aliphatic carbocycles. The lowest BCUT2D eigenvalue weighted by molar-refractivity contribution is 0.0747. The van der Waals surface area contributed by atoms with Crippen molar-refractivity contribution in [1.82, 2.24) is 10.2 Å². The Balaban J connectivity index is 2.22. The molecule has 1 fully saturated rings. The number of piperidine rings is 1. The lowest BCUT2D eigenvalue weighted by Gasteiger charge is -2.36. The summed E-state index contributed by atoms with van der Waals surface area (Å²) in [5.41, 5.74) is -0.575. The SMILES string of the molecule is CSCC(C)(O)CNC1CCN(C(C)C)CC1. The van der Waals surface area contributed by atoms with E-state index in [2.05, 4.69) is 24.1 Å². The van der Waals surface area contributed by atoms with E-state index in [0.717, 1.165) is 5.75 Å². The van der Waals surface area contributed by atoms with Crippen LogP contribution in [0.1, 0.15) is 33.6 Å². The van der Waals surface area contributed by atoms with Crippen LogP contribution in [0.4, 0.5) is 0 Å². The first-order chi connectivity index (χ1) is 7.94. The van der Waals surface area contributed by atoms with Crippen LogP contribution in [0.25, 0.3) is 0 Å². The van der Waals surface area contributed by atoms with Gasteiger partial charge < -0.3 is 15.3 Å². The van der Waals surface area contributed by atoms with Crippen molar-refractivity contribution in [2.75, 3.05) is 31.6 Å². The molecule has 17 heavy (non-hydrogen) atoms. The van der Waals surface area contributed by atoms with E-state index in [0.29, 0.717) is 18.6 Å². The maximum Gasteiger partial charge on any atom is 0.0833 e. The van der Waals surface area contributed by atoms with Crippen molar-refractivity contribution in [3.63, 3.8) is 0 Å². The van der Waals surface area contributed by atoms with E-state index in [1.807, 2.05) is 13.2 Å². The molecule has 0 aromatic carbocycles. The number of thioether (sulfide) groups is 1. The second-order valence-electron chi connectivity index (χ2n) is 5.71. The summed E-state index contributed by atoms with van der Waals surface area (Å²) in [4.78, 5) is 2.53. The van der Waals surface area contributed by atoms with Gasteiger partial charge in [0.1, 0.15) is 0 Å². The van der Waals surface area contributed by atoms with E-state index in [4.69, 9.17) is 0 Å². The molecule has 1 saturated heterocycles. The number of nitrogens with zero attached hydrogens (tertiary/aromatic N) is 1. The minimum Gasteiger partial charge on any atom is -0.388 e. The van der Waals surface area contributed by atoms with Crippen LogP contribution in [0.2, 0.25) is 0 Å². The predicted molar refractivity (Wildman–Crippen MR) is 76.7 cm³/mol. The molecule has 102 valence electrons. The molecule has 0 spiro atoms. The third-order valence-electron chi connectivity index (χ3n) is 3.49. The van der Waals surface area contributed by atoms with Crippen LogP contribution in [-0.2, 0) is 0 Å². The summed E-state index contributed by atoms with van der Waals surface area (Å²) < 4.78 is 0. The van der Waals surface area contributed by atoms with Gasteiger partial charge in [0.15, 0.2) is 0 Å². The van der Waals surface area contributed by atoms with E-state index in [-0.39, 0.29) is 0 Å². The molecule has 4 heteroatoms. The fourth-order valence-electron chi connectivity index (χ4n) is 2.35. The summed E-state index contributed by atoms with van der Waals surface area (Å²) in [5, 5.41) is 13.6. The quantitative estimate of drug-likeness (QED) is 0.760. The Morgan fingerprint density at radius 3 is 2.47 bits per heavy atom. The third-order valence-corrected chi connectivity index (χ3v) is 4.40. The van der Waals surface area contributed by atoms with Gasteiger partial charge in [-0.05, 0) is 53.0 Å². The first kappa shape index (κ1) is 15.3. The minimum absolute atomic E-state index is 0.575. The molecule has 1 aliphatic rings. The maximum atomic E-state index is 10.1. The average Bonchev–Trinajstić information content (AvgIpc) is 2.27. The van der Waals surface area contributed by atoms with Gasteiger partial charge in [0, 0.05) is 24.4 Å².